The van der Waals surface area contributed by atoms with E-state index in [0.717, 1.165) is 43.7 Å². The molecule has 1 saturated heterocycles. The van der Waals surface area contributed by atoms with Gasteiger partial charge in [0, 0.05) is 17.3 Å². The van der Waals surface area contributed by atoms with Gasteiger partial charge in [0.1, 0.15) is 0 Å². The summed E-state index contributed by atoms with van der Waals surface area (Å²) in [5.74, 6) is 0.825. The van der Waals surface area contributed by atoms with Crippen LogP contribution in [0, 0.1) is 5.92 Å². The lowest BCUT2D eigenvalue weighted by atomic mass is 9.97. The number of carbonyl (C=O) groups excluding carboxylic acids is 1. The van der Waals surface area contributed by atoms with Gasteiger partial charge in [0.25, 0.3) is 0 Å². The van der Waals surface area contributed by atoms with Crippen molar-refractivity contribution in [2.75, 3.05) is 24.5 Å². The quantitative estimate of drug-likeness (QED) is 0.889. The molecule has 0 radical (unpaired) electrons. The Bertz CT molecular complexity index is 469. The number of rotatable bonds is 2. The molecule has 2 aliphatic rings. The van der Waals surface area contributed by atoms with Gasteiger partial charge in [-0.05, 0) is 49.5 Å². The van der Waals surface area contributed by atoms with Crippen LogP contribution in [0.2, 0.25) is 5.02 Å². The van der Waals surface area contributed by atoms with E-state index in [1.165, 1.54) is 0 Å². The highest BCUT2D eigenvalue weighted by Crippen LogP contribution is 2.32. The number of benzene rings is 1. The monoisotopic (exact) mass is 264 g/mol. The van der Waals surface area contributed by atoms with Gasteiger partial charge in [-0.15, -0.1) is 0 Å². The molecule has 4 heteroatoms. The fourth-order valence-corrected chi connectivity index (χ4v) is 3.02. The van der Waals surface area contributed by atoms with E-state index in [2.05, 4.69) is 5.32 Å². The lowest BCUT2D eigenvalue weighted by Crippen LogP contribution is -2.37. The Morgan fingerprint density at radius 3 is 2.89 bits per heavy atom. The zero-order valence-corrected chi connectivity index (χ0v) is 11.0. The summed E-state index contributed by atoms with van der Waals surface area (Å²) < 4.78 is 0. The molecule has 3 nitrogen and oxygen atoms in total. The van der Waals surface area contributed by atoms with Crippen LogP contribution in [0.15, 0.2) is 18.2 Å². The lowest BCUT2D eigenvalue weighted by Gasteiger charge is -2.27. The molecule has 96 valence electrons. The summed E-state index contributed by atoms with van der Waals surface area (Å²) in [7, 11) is 0. The van der Waals surface area contributed by atoms with Gasteiger partial charge < -0.3 is 10.2 Å². The van der Waals surface area contributed by atoms with Crippen molar-refractivity contribution in [3.63, 3.8) is 0 Å². The second-order valence-electron chi connectivity index (χ2n) is 5.15. The van der Waals surface area contributed by atoms with Crippen LogP contribution >= 0.6 is 11.6 Å². The number of piperidine rings is 1. The van der Waals surface area contributed by atoms with E-state index in [1.807, 2.05) is 23.1 Å². The van der Waals surface area contributed by atoms with Gasteiger partial charge in [0.2, 0.25) is 5.91 Å². The van der Waals surface area contributed by atoms with Crippen LogP contribution < -0.4 is 10.2 Å². The Morgan fingerprint density at radius 1 is 1.33 bits per heavy atom. The standard InChI is InChI=1S/C14H17ClN2O/c15-12-2-1-11-7-14(18)17(13(11)8-12)9-10-3-5-16-6-4-10/h1-2,8,10,16H,3-7,9H2. The summed E-state index contributed by atoms with van der Waals surface area (Å²) >= 11 is 6.03. The fraction of sp³-hybridized carbons (Fsp3) is 0.500. The van der Waals surface area contributed by atoms with Crippen molar-refractivity contribution in [3.05, 3.63) is 28.8 Å². The minimum Gasteiger partial charge on any atom is -0.317 e. The molecular weight excluding hydrogens is 248 g/mol. The van der Waals surface area contributed by atoms with Gasteiger partial charge in [-0.3, -0.25) is 4.79 Å². The van der Waals surface area contributed by atoms with Crippen LogP contribution in [-0.2, 0) is 11.2 Å². The predicted octanol–water partition coefficient (Wildman–Crippen LogP) is 2.23. The molecule has 0 bridgehead atoms. The third kappa shape index (κ3) is 2.25. The van der Waals surface area contributed by atoms with Crippen molar-refractivity contribution in [1.82, 2.24) is 5.32 Å². The molecular formula is C14H17ClN2O. The van der Waals surface area contributed by atoms with Crippen molar-refractivity contribution in [2.45, 2.75) is 19.3 Å². The summed E-state index contributed by atoms with van der Waals surface area (Å²) in [4.78, 5) is 14.0. The number of amides is 1. The second kappa shape index (κ2) is 4.90. The third-order valence-electron chi connectivity index (χ3n) is 3.88. The summed E-state index contributed by atoms with van der Waals surface area (Å²) in [6, 6.07) is 5.75. The molecule has 0 atom stereocenters. The molecule has 1 fully saturated rings. The summed E-state index contributed by atoms with van der Waals surface area (Å²) in [6.45, 7) is 2.97. The number of hydrogen-bond donors (Lipinski definition) is 1. The van der Waals surface area contributed by atoms with E-state index >= 15 is 0 Å². The van der Waals surface area contributed by atoms with E-state index in [4.69, 9.17) is 11.6 Å². The highest BCUT2D eigenvalue weighted by molar-refractivity contribution is 6.31. The van der Waals surface area contributed by atoms with Crippen molar-refractivity contribution < 1.29 is 4.79 Å². The molecule has 1 aromatic carbocycles. The average Bonchev–Trinajstić information content (AvgIpc) is 2.67. The van der Waals surface area contributed by atoms with E-state index in [1.54, 1.807) is 0 Å². The molecule has 2 aliphatic heterocycles. The zero-order chi connectivity index (χ0) is 12.5. The maximum absolute atomic E-state index is 12.1. The summed E-state index contributed by atoms with van der Waals surface area (Å²) in [5, 5.41) is 4.06. The van der Waals surface area contributed by atoms with Crippen LogP contribution in [0.25, 0.3) is 0 Å². The van der Waals surface area contributed by atoms with Gasteiger partial charge in [0.05, 0.1) is 6.42 Å². The first kappa shape index (κ1) is 12.0. The molecule has 0 unspecified atom stereocenters. The highest BCUT2D eigenvalue weighted by atomic mass is 35.5. The summed E-state index contributed by atoms with van der Waals surface area (Å²) in [6.07, 6.45) is 2.83. The Hall–Kier alpha value is -1.06. The van der Waals surface area contributed by atoms with Crippen LogP contribution in [0.4, 0.5) is 5.69 Å². The first-order chi connectivity index (χ1) is 8.74. The Kier molecular flexibility index (Phi) is 3.27. The van der Waals surface area contributed by atoms with Crippen LogP contribution in [0.5, 0.6) is 0 Å². The van der Waals surface area contributed by atoms with Crippen molar-refractivity contribution in [2.24, 2.45) is 5.92 Å². The molecule has 0 aliphatic carbocycles. The topological polar surface area (TPSA) is 32.3 Å². The van der Waals surface area contributed by atoms with Gasteiger partial charge in [-0.1, -0.05) is 17.7 Å². The average molecular weight is 265 g/mol. The molecule has 1 aromatic rings. The minimum absolute atomic E-state index is 0.214. The number of halogens is 1. The largest absolute Gasteiger partial charge is 0.317 e. The molecule has 0 spiro atoms. The molecule has 1 N–H and O–H groups in total. The van der Waals surface area contributed by atoms with Gasteiger partial charge in [-0.2, -0.15) is 0 Å². The second-order valence-corrected chi connectivity index (χ2v) is 5.58. The smallest absolute Gasteiger partial charge is 0.231 e. The SMILES string of the molecule is O=C1Cc2ccc(Cl)cc2N1CC1CCNCC1. The van der Waals surface area contributed by atoms with Gasteiger partial charge in [0.15, 0.2) is 0 Å². The lowest BCUT2D eigenvalue weighted by molar-refractivity contribution is -0.117. The number of fused-ring (bicyclic) bond motifs is 1. The number of carbonyl (C=O) groups is 1. The van der Waals surface area contributed by atoms with Crippen molar-refractivity contribution in [3.8, 4) is 0 Å². The van der Waals surface area contributed by atoms with E-state index in [9.17, 15) is 4.79 Å². The van der Waals surface area contributed by atoms with Crippen molar-refractivity contribution in [1.29, 1.82) is 0 Å². The Balaban J connectivity index is 1.80. The van der Waals surface area contributed by atoms with E-state index in [-0.39, 0.29) is 5.91 Å². The van der Waals surface area contributed by atoms with E-state index < -0.39 is 0 Å². The minimum atomic E-state index is 0.214. The molecule has 18 heavy (non-hydrogen) atoms. The van der Waals surface area contributed by atoms with Crippen molar-refractivity contribution >= 4 is 23.2 Å². The maximum atomic E-state index is 12.1. The number of nitrogens with zero attached hydrogens (tertiary/aromatic N) is 1. The highest BCUT2D eigenvalue weighted by Gasteiger charge is 2.29. The Morgan fingerprint density at radius 2 is 2.11 bits per heavy atom. The first-order valence-corrected chi connectivity index (χ1v) is 6.91. The molecule has 0 aromatic heterocycles. The van der Waals surface area contributed by atoms with Crippen LogP contribution in [0.3, 0.4) is 0 Å². The van der Waals surface area contributed by atoms with Crippen LogP contribution in [-0.4, -0.2) is 25.5 Å². The molecule has 2 heterocycles. The molecule has 3 rings (SSSR count). The molecule has 1 amide bonds. The van der Waals surface area contributed by atoms with E-state index in [0.29, 0.717) is 17.4 Å². The maximum Gasteiger partial charge on any atom is 0.231 e. The summed E-state index contributed by atoms with van der Waals surface area (Å²) in [5.41, 5.74) is 2.13. The number of nitrogens with one attached hydrogen (secondary N) is 1. The first-order valence-electron chi connectivity index (χ1n) is 6.53. The number of anilines is 1. The predicted molar refractivity (Wildman–Crippen MR) is 73.1 cm³/mol. The zero-order valence-electron chi connectivity index (χ0n) is 10.3. The van der Waals surface area contributed by atoms with Gasteiger partial charge >= 0.3 is 0 Å². The number of hydrogen-bond acceptors (Lipinski definition) is 2. The van der Waals surface area contributed by atoms with Gasteiger partial charge in [-0.25, -0.2) is 0 Å². The normalized spacial score (nSPS) is 20.3. The fourth-order valence-electron chi connectivity index (χ4n) is 2.85. The Labute approximate surface area is 112 Å². The third-order valence-corrected chi connectivity index (χ3v) is 4.12. The molecule has 0 saturated carbocycles. The van der Waals surface area contributed by atoms with Crippen LogP contribution in [0.1, 0.15) is 18.4 Å².